The number of nitrogens with one attached hydrogen (secondary N) is 3. The second-order valence-electron chi connectivity index (χ2n) is 7.21. The van der Waals surface area contributed by atoms with E-state index in [-0.39, 0.29) is 12.3 Å². The lowest BCUT2D eigenvalue weighted by atomic mass is 10.0. The van der Waals surface area contributed by atoms with Gasteiger partial charge in [0.15, 0.2) is 0 Å². The molecule has 3 unspecified atom stereocenters. The van der Waals surface area contributed by atoms with Crippen LogP contribution in [0.1, 0.15) is 25.1 Å². The summed E-state index contributed by atoms with van der Waals surface area (Å²) in [6.45, 7) is 3.38. The summed E-state index contributed by atoms with van der Waals surface area (Å²) < 4.78 is 0. The van der Waals surface area contributed by atoms with Gasteiger partial charge in [0.2, 0.25) is 11.8 Å². The van der Waals surface area contributed by atoms with Crippen LogP contribution in [0.3, 0.4) is 0 Å². The Morgan fingerprint density at radius 1 is 1.10 bits per heavy atom. The van der Waals surface area contributed by atoms with Crippen LogP contribution in [0.25, 0.3) is 0 Å². The molecule has 1 heterocycles. The number of carboxylic acids is 1. The molecule has 0 bridgehead atoms. The SMILES string of the molecule is CC(C)C(NC(=O)C(Cc1cnc[nH]1)NC(=O)C(N)Cc1ccccc1)C(=O)O. The van der Waals surface area contributed by atoms with Gasteiger partial charge in [-0.25, -0.2) is 9.78 Å². The maximum Gasteiger partial charge on any atom is 0.326 e. The quantitative estimate of drug-likeness (QED) is 0.385. The van der Waals surface area contributed by atoms with E-state index in [1.165, 1.54) is 12.5 Å². The van der Waals surface area contributed by atoms with Gasteiger partial charge in [-0.1, -0.05) is 44.2 Å². The molecule has 0 fully saturated rings. The van der Waals surface area contributed by atoms with Crippen molar-refractivity contribution in [2.75, 3.05) is 0 Å². The van der Waals surface area contributed by atoms with Crippen molar-refractivity contribution in [2.45, 2.75) is 44.8 Å². The average Bonchev–Trinajstić information content (AvgIpc) is 3.18. The second kappa shape index (κ2) is 10.4. The van der Waals surface area contributed by atoms with E-state index in [4.69, 9.17) is 5.73 Å². The van der Waals surface area contributed by atoms with E-state index >= 15 is 0 Å². The van der Waals surface area contributed by atoms with Gasteiger partial charge in [-0.3, -0.25) is 9.59 Å². The summed E-state index contributed by atoms with van der Waals surface area (Å²) in [5, 5.41) is 14.5. The van der Waals surface area contributed by atoms with Crippen LogP contribution in [-0.2, 0) is 27.2 Å². The lowest BCUT2D eigenvalue weighted by Gasteiger charge is -2.24. The Kier molecular flexibility index (Phi) is 7.90. The van der Waals surface area contributed by atoms with Gasteiger partial charge in [0.05, 0.1) is 12.4 Å². The molecule has 1 aromatic carbocycles. The van der Waals surface area contributed by atoms with E-state index in [1.54, 1.807) is 13.8 Å². The Hall–Kier alpha value is -3.20. The number of hydrogen-bond donors (Lipinski definition) is 5. The predicted molar refractivity (Wildman–Crippen MR) is 107 cm³/mol. The highest BCUT2D eigenvalue weighted by atomic mass is 16.4. The van der Waals surface area contributed by atoms with Gasteiger partial charge >= 0.3 is 5.97 Å². The first-order valence-electron chi connectivity index (χ1n) is 9.38. The van der Waals surface area contributed by atoms with Crippen LogP contribution in [0.5, 0.6) is 0 Å². The monoisotopic (exact) mass is 401 g/mol. The Balaban J connectivity index is 2.09. The lowest BCUT2D eigenvalue weighted by molar-refractivity contribution is -0.143. The number of imidazole rings is 1. The molecular weight excluding hydrogens is 374 g/mol. The summed E-state index contributed by atoms with van der Waals surface area (Å²) in [4.78, 5) is 43.5. The summed E-state index contributed by atoms with van der Waals surface area (Å²) in [7, 11) is 0. The molecule has 0 aliphatic rings. The minimum absolute atomic E-state index is 0.125. The molecule has 156 valence electrons. The van der Waals surface area contributed by atoms with E-state index in [0.29, 0.717) is 12.1 Å². The van der Waals surface area contributed by atoms with E-state index in [2.05, 4.69) is 20.6 Å². The summed E-state index contributed by atoms with van der Waals surface area (Å²) in [6.07, 6.45) is 3.43. The van der Waals surface area contributed by atoms with Gasteiger partial charge in [0, 0.05) is 18.3 Å². The summed E-state index contributed by atoms with van der Waals surface area (Å²) in [5.41, 5.74) is 7.53. The number of benzene rings is 1. The molecular formula is C20H27N5O4. The number of nitrogens with two attached hydrogens (primary N) is 1. The number of rotatable bonds is 10. The Morgan fingerprint density at radius 3 is 2.34 bits per heavy atom. The lowest BCUT2D eigenvalue weighted by Crippen LogP contribution is -2.56. The number of carboxylic acid groups (broad SMARTS) is 1. The zero-order valence-corrected chi connectivity index (χ0v) is 16.5. The fourth-order valence-corrected chi connectivity index (χ4v) is 2.83. The summed E-state index contributed by atoms with van der Waals surface area (Å²) in [6, 6.07) is 6.39. The van der Waals surface area contributed by atoms with Crippen LogP contribution < -0.4 is 16.4 Å². The molecule has 0 aliphatic carbocycles. The number of amides is 2. The number of carbonyl (C=O) groups excluding carboxylic acids is 2. The molecule has 29 heavy (non-hydrogen) atoms. The molecule has 2 amide bonds. The summed E-state index contributed by atoms with van der Waals surface area (Å²) in [5.74, 6) is -2.55. The minimum atomic E-state index is -1.14. The standard InChI is InChI=1S/C20H27N5O4/c1-12(2)17(20(28)29)25-19(27)16(9-14-10-22-11-23-14)24-18(26)15(21)8-13-6-4-3-5-7-13/h3-7,10-12,15-17H,8-9,21H2,1-2H3,(H,22,23)(H,24,26)(H,25,27)(H,28,29). The van der Waals surface area contributed by atoms with Crippen molar-refractivity contribution in [3.63, 3.8) is 0 Å². The molecule has 9 nitrogen and oxygen atoms in total. The van der Waals surface area contributed by atoms with Crippen molar-refractivity contribution in [1.82, 2.24) is 20.6 Å². The first-order chi connectivity index (χ1) is 13.8. The van der Waals surface area contributed by atoms with Gasteiger partial charge < -0.3 is 26.5 Å². The largest absolute Gasteiger partial charge is 0.480 e. The Labute approximate surface area is 169 Å². The topological polar surface area (TPSA) is 150 Å². The maximum absolute atomic E-state index is 12.7. The van der Waals surface area contributed by atoms with Crippen LogP contribution in [0.4, 0.5) is 0 Å². The molecule has 3 atom stereocenters. The normalized spacial score (nSPS) is 14.1. The minimum Gasteiger partial charge on any atom is -0.480 e. The fourth-order valence-electron chi connectivity index (χ4n) is 2.83. The molecule has 0 saturated carbocycles. The average molecular weight is 401 g/mol. The van der Waals surface area contributed by atoms with Gasteiger partial charge in [-0.05, 0) is 17.9 Å². The van der Waals surface area contributed by atoms with Gasteiger partial charge in [-0.15, -0.1) is 0 Å². The molecule has 1 aromatic heterocycles. The molecule has 6 N–H and O–H groups in total. The molecule has 0 radical (unpaired) electrons. The van der Waals surface area contributed by atoms with Crippen molar-refractivity contribution in [2.24, 2.45) is 11.7 Å². The van der Waals surface area contributed by atoms with Crippen LogP contribution in [0, 0.1) is 5.92 Å². The first kappa shape index (κ1) is 22.1. The number of aromatic amines is 1. The van der Waals surface area contributed by atoms with Gasteiger partial charge in [-0.2, -0.15) is 0 Å². The molecule has 0 aliphatic heterocycles. The third-order valence-electron chi connectivity index (χ3n) is 4.48. The van der Waals surface area contributed by atoms with E-state index in [0.717, 1.165) is 5.56 Å². The molecule has 0 saturated heterocycles. The maximum atomic E-state index is 12.7. The van der Waals surface area contributed by atoms with Crippen LogP contribution in [0.15, 0.2) is 42.9 Å². The van der Waals surface area contributed by atoms with Crippen molar-refractivity contribution in [1.29, 1.82) is 0 Å². The van der Waals surface area contributed by atoms with Crippen LogP contribution in [0.2, 0.25) is 0 Å². The van der Waals surface area contributed by atoms with E-state index in [9.17, 15) is 19.5 Å². The third-order valence-corrected chi connectivity index (χ3v) is 4.48. The van der Waals surface area contributed by atoms with Crippen molar-refractivity contribution < 1.29 is 19.5 Å². The van der Waals surface area contributed by atoms with Crippen LogP contribution >= 0.6 is 0 Å². The number of carbonyl (C=O) groups is 3. The highest BCUT2D eigenvalue weighted by Crippen LogP contribution is 2.06. The van der Waals surface area contributed by atoms with Crippen LogP contribution in [-0.4, -0.2) is 51.0 Å². The second-order valence-corrected chi connectivity index (χ2v) is 7.21. The highest BCUT2D eigenvalue weighted by molar-refractivity contribution is 5.92. The third kappa shape index (κ3) is 6.72. The highest BCUT2D eigenvalue weighted by Gasteiger charge is 2.30. The van der Waals surface area contributed by atoms with E-state index < -0.39 is 35.9 Å². The van der Waals surface area contributed by atoms with Gasteiger partial charge in [0.1, 0.15) is 12.1 Å². The first-order valence-corrected chi connectivity index (χ1v) is 9.38. The van der Waals surface area contributed by atoms with E-state index in [1.807, 2.05) is 30.3 Å². The Morgan fingerprint density at radius 2 is 1.79 bits per heavy atom. The number of aliphatic carboxylic acids is 1. The van der Waals surface area contributed by atoms with Gasteiger partial charge in [0.25, 0.3) is 0 Å². The zero-order chi connectivity index (χ0) is 21.4. The molecule has 2 aromatic rings. The number of hydrogen-bond acceptors (Lipinski definition) is 5. The van der Waals surface area contributed by atoms with Crippen molar-refractivity contribution in [3.05, 3.63) is 54.1 Å². The zero-order valence-electron chi connectivity index (χ0n) is 16.5. The molecule has 2 rings (SSSR count). The smallest absolute Gasteiger partial charge is 0.326 e. The Bertz CT molecular complexity index is 808. The molecule has 9 heteroatoms. The fraction of sp³-hybridized carbons (Fsp3) is 0.400. The van der Waals surface area contributed by atoms with Crippen molar-refractivity contribution >= 4 is 17.8 Å². The predicted octanol–water partition coefficient (Wildman–Crippen LogP) is 0.232. The summed E-state index contributed by atoms with van der Waals surface area (Å²) >= 11 is 0. The number of aromatic nitrogens is 2. The number of H-pyrrole nitrogens is 1. The number of nitrogens with zero attached hydrogens (tertiary/aromatic N) is 1. The van der Waals surface area contributed by atoms with Crippen molar-refractivity contribution in [3.8, 4) is 0 Å². The molecule has 0 spiro atoms.